The number of unbranched alkanes of at least 4 members (excludes halogenated alkanes) is 1. The summed E-state index contributed by atoms with van der Waals surface area (Å²) in [7, 11) is 1.45. The van der Waals surface area contributed by atoms with Gasteiger partial charge in [-0.3, -0.25) is 28.8 Å². The number of oxime groups is 1. The van der Waals surface area contributed by atoms with Crippen molar-refractivity contribution >= 4 is 41.8 Å². The topological polar surface area (TPSA) is 200 Å². The third-order valence-corrected chi connectivity index (χ3v) is 4.97. The fourth-order valence-corrected chi connectivity index (χ4v) is 3.01. The van der Waals surface area contributed by atoms with Crippen LogP contribution in [0.5, 0.6) is 0 Å². The first kappa shape index (κ1) is 36.2. The Morgan fingerprint density at radius 2 is 1.48 bits per heavy atom. The van der Waals surface area contributed by atoms with Gasteiger partial charge < -0.3 is 40.3 Å². The molecule has 0 aromatic heterocycles. The first-order chi connectivity index (χ1) is 19.0. The number of amides is 4. The van der Waals surface area contributed by atoms with Crippen molar-refractivity contribution in [3.05, 3.63) is 0 Å². The summed E-state index contributed by atoms with van der Waals surface area (Å²) in [5.41, 5.74) is 0. The number of nitrogens with zero attached hydrogens (tertiary/aromatic N) is 1. The molecule has 0 saturated heterocycles. The number of rotatable bonds is 22. The Hall–Kier alpha value is -3.75. The summed E-state index contributed by atoms with van der Waals surface area (Å²) in [6.45, 7) is 4.94. The Bertz CT molecular complexity index is 819. The number of hydrogen-bond donors (Lipinski definition) is 4. The fraction of sp³-hybridized carbons (Fsp3) is 0.720. The molecule has 0 rings (SSSR count). The van der Waals surface area contributed by atoms with E-state index >= 15 is 0 Å². The number of nitrogens with one attached hydrogen (secondary N) is 4. The summed E-state index contributed by atoms with van der Waals surface area (Å²) in [6.07, 6.45) is 3.05. The highest BCUT2D eigenvalue weighted by atomic mass is 16.6. The molecule has 0 aromatic rings. The standard InChI is InChI=1S/C25H43N5O10/c1-18(31)30-22(25(36)26-4)9-10-24(35)28-12-13-29-40-15-6-5-11-27-23(34)8-7-14-37-21(16-38-19(2)32)17-39-20(3)33/h13,21-22H,5-12,14-17H2,1-4H3,(H,26,36)(H,27,34)(H,28,35)(H,30,31)/b29-13+/t22-/m0/s1. The Kier molecular flexibility index (Phi) is 21.0. The van der Waals surface area contributed by atoms with Crippen molar-refractivity contribution in [1.82, 2.24) is 21.3 Å². The molecule has 40 heavy (non-hydrogen) atoms. The molecule has 0 aliphatic rings. The monoisotopic (exact) mass is 573 g/mol. The molecule has 0 aliphatic carbocycles. The molecular formula is C25H43N5O10. The minimum Gasteiger partial charge on any atom is -0.463 e. The van der Waals surface area contributed by atoms with E-state index in [9.17, 15) is 28.8 Å². The number of esters is 2. The zero-order valence-electron chi connectivity index (χ0n) is 23.7. The molecule has 4 N–H and O–H groups in total. The van der Waals surface area contributed by atoms with Crippen LogP contribution in [0, 0.1) is 0 Å². The maximum atomic E-state index is 11.9. The fourth-order valence-electron chi connectivity index (χ4n) is 3.01. The predicted molar refractivity (Wildman–Crippen MR) is 143 cm³/mol. The first-order valence-corrected chi connectivity index (χ1v) is 13.1. The number of hydrogen-bond acceptors (Lipinski definition) is 11. The minimum absolute atomic E-state index is 0.0442. The van der Waals surface area contributed by atoms with Gasteiger partial charge in [0, 0.05) is 53.8 Å². The van der Waals surface area contributed by atoms with Gasteiger partial charge in [-0.2, -0.15) is 0 Å². The van der Waals surface area contributed by atoms with Gasteiger partial charge in [0.1, 0.15) is 32.0 Å². The van der Waals surface area contributed by atoms with Gasteiger partial charge in [-0.15, -0.1) is 0 Å². The third kappa shape index (κ3) is 22.3. The van der Waals surface area contributed by atoms with Crippen molar-refractivity contribution in [2.75, 3.05) is 46.6 Å². The Balaban J connectivity index is 3.84. The van der Waals surface area contributed by atoms with Crippen LogP contribution in [0.3, 0.4) is 0 Å². The van der Waals surface area contributed by atoms with Crippen molar-refractivity contribution in [3.63, 3.8) is 0 Å². The largest absolute Gasteiger partial charge is 0.463 e. The highest BCUT2D eigenvalue weighted by Gasteiger charge is 2.19. The Morgan fingerprint density at radius 1 is 0.825 bits per heavy atom. The van der Waals surface area contributed by atoms with Gasteiger partial charge in [0.2, 0.25) is 23.6 Å². The molecular weight excluding hydrogens is 530 g/mol. The van der Waals surface area contributed by atoms with E-state index in [2.05, 4.69) is 26.4 Å². The number of carbonyl (C=O) groups is 6. The van der Waals surface area contributed by atoms with E-state index in [-0.39, 0.29) is 69.3 Å². The van der Waals surface area contributed by atoms with Crippen LogP contribution >= 0.6 is 0 Å². The van der Waals surface area contributed by atoms with Gasteiger partial charge in [0.05, 0.1) is 12.8 Å². The van der Waals surface area contributed by atoms with E-state index in [1.165, 1.54) is 34.0 Å². The van der Waals surface area contributed by atoms with Crippen LogP contribution in [0.4, 0.5) is 0 Å². The van der Waals surface area contributed by atoms with Gasteiger partial charge in [0.25, 0.3) is 0 Å². The van der Waals surface area contributed by atoms with E-state index in [1.54, 1.807) is 0 Å². The Morgan fingerprint density at radius 3 is 2.08 bits per heavy atom. The lowest BCUT2D eigenvalue weighted by Crippen LogP contribution is -2.45. The molecule has 15 nitrogen and oxygen atoms in total. The zero-order chi connectivity index (χ0) is 30.2. The molecule has 0 spiro atoms. The second-order valence-electron chi connectivity index (χ2n) is 8.59. The van der Waals surface area contributed by atoms with Crippen molar-refractivity contribution in [1.29, 1.82) is 0 Å². The van der Waals surface area contributed by atoms with Crippen LogP contribution in [-0.2, 0) is 47.8 Å². The molecule has 0 saturated carbocycles. The van der Waals surface area contributed by atoms with Crippen LogP contribution in [0.25, 0.3) is 0 Å². The van der Waals surface area contributed by atoms with E-state index in [0.29, 0.717) is 32.4 Å². The molecule has 15 heteroatoms. The number of carbonyl (C=O) groups excluding carboxylic acids is 6. The van der Waals surface area contributed by atoms with Gasteiger partial charge >= 0.3 is 11.9 Å². The van der Waals surface area contributed by atoms with Gasteiger partial charge in [0.15, 0.2) is 0 Å². The van der Waals surface area contributed by atoms with Crippen LogP contribution < -0.4 is 21.3 Å². The van der Waals surface area contributed by atoms with Gasteiger partial charge in [-0.1, -0.05) is 5.16 Å². The van der Waals surface area contributed by atoms with E-state index in [4.69, 9.17) is 19.0 Å². The highest BCUT2D eigenvalue weighted by molar-refractivity contribution is 5.87. The SMILES string of the molecule is CNC(=O)[C@H](CCC(=O)NC/C=N/OCCCCNC(=O)CCCOC(COC(C)=O)COC(C)=O)NC(C)=O. The molecule has 0 bridgehead atoms. The summed E-state index contributed by atoms with van der Waals surface area (Å²) in [5, 5.41) is 14.1. The molecule has 0 aromatic carbocycles. The van der Waals surface area contributed by atoms with Crippen LogP contribution in [-0.4, -0.2) is 100 Å². The van der Waals surface area contributed by atoms with Crippen LogP contribution in [0.15, 0.2) is 5.16 Å². The number of ether oxygens (including phenoxy) is 3. The average molecular weight is 574 g/mol. The normalized spacial score (nSPS) is 11.4. The second-order valence-corrected chi connectivity index (χ2v) is 8.59. The van der Waals surface area contributed by atoms with Crippen molar-refractivity contribution < 1.29 is 47.8 Å². The summed E-state index contributed by atoms with van der Waals surface area (Å²) in [4.78, 5) is 73.7. The maximum Gasteiger partial charge on any atom is 0.302 e. The molecule has 0 radical (unpaired) electrons. The van der Waals surface area contributed by atoms with Crippen molar-refractivity contribution in [2.24, 2.45) is 5.16 Å². The lowest BCUT2D eigenvalue weighted by Gasteiger charge is -2.17. The molecule has 0 heterocycles. The molecule has 0 fully saturated rings. The Labute approximate surface area is 234 Å². The zero-order valence-corrected chi connectivity index (χ0v) is 23.7. The predicted octanol–water partition coefficient (Wildman–Crippen LogP) is -0.676. The summed E-state index contributed by atoms with van der Waals surface area (Å²) < 4.78 is 15.3. The molecule has 228 valence electrons. The van der Waals surface area contributed by atoms with Crippen molar-refractivity contribution in [3.8, 4) is 0 Å². The smallest absolute Gasteiger partial charge is 0.302 e. The van der Waals surface area contributed by atoms with Gasteiger partial charge in [-0.05, 0) is 25.7 Å². The minimum atomic E-state index is -0.776. The molecule has 4 amide bonds. The molecule has 0 aliphatic heterocycles. The van der Waals surface area contributed by atoms with Crippen molar-refractivity contribution in [2.45, 2.75) is 71.4 Å². The first-order valence-electron chi connectivity index (χ1n) is 13.1. The summed E-state index contributed by atoms with van der Waals surface area (Å²) in [5.74, 6) is -2.09. The summed E-state index contributed by atoms with van der Waals surface area (Å²) >= 11 is 0. The van der Waals surface area contributed by atoms with Crippen LogP contribution in [0.1, 0.15) is 59.3 Å². The van der Waals surface area contributed by atoms with Gasteiger partial charge in [-0.25, -0.2) is 0 Å². The lowest BCUT2D eigenvalue weighted by atomic mass is 10.1. The quantitative estimate of drug-likeness (QED) is 0.0557. The van der Waals surface area contributed by atoms with E-state index < -0.39 is 24.1 Å². The summed E-state index contributed by atoms with van der Waals surface area (Å²) in [6, 6.07) is -0.776. The van der Waals surface area contributed by atoms with Crippen LogP contribution in [0.2, 0.25) is 0 Å². The van der Waals surface area contributed by atoms with E-state index in [1.807, 2.05) is 0 Å². The molecule has 0 unspecified atom stereocenters. The third-order valence-electron chi connectivity index (χ3n) is 4.97. The van der Waals surface area contributed by atoms with E-state index in [0.717, 1.165) is 0 Å². The number of likely N-dealkylation sites (N-methyl/N-ethyl adjacent to an activating group) is 1. The maximum absolute atomic E-state index is 11.9. The second kappa shape index (κ2) is 23.2. The average Bonchev–Trinajstić information content (AvgIpc) is 2.90. The molecule has 1 atom stereocenters. The highest BCUT2D eigenvalue weighted by Crippen LogP contribution is 2.01. The lowest BCUT2D eigenvalue weighted by molar-refractivity contribution is -0.152.